The van der Waals surface area contributed by atoms with E-state index in [-0.39, 0.29) is 12.5 Å². The smallest absolute Gasteiger partial charge is 0.244 e. The van der Waals surface area contributed by atoms with Crippen molar-refractivity contribution in [3.63, 3.8) is 0 Å². The van der Waals surface area contributed by atoms with Gasteiger partial charge in [0.25, 0.3) is 0 Å². The number of sulfonamides is 1. The number of halogens is 2. The summed E-state index contributed by atoms with van der Waals surface area (Å²) >= 11 is 9.30. The van der Waals surface area contributed by atoms with Gasteiger partial charge in [0, 0.05) is 22.6 Å². The molecule has 0 radical (unpaired) electrons. The number of benzene rings is 2. The van der Waals surface area contributed by atoms with Gasteiger partial charge in [-0.2, -0.15) is 0 Å². The Labute approximate surface area is 209 Å². The number of anilines is 1. The molecule has 180 valence electrons. The lowest BCUT2D eigenvalue weighted by atomic mass is 10.1. The zero-order chi connectivity index (χ0) is 24.6. The van der Waals surface area contributed by atoms with Crippen molar-refractivity contribution in [2.45, 2.75) is 39.3 Å². The Kier molecular flexibility index (Phi) is 10.2. The molecule has 1 N–H and O–H groups in total. The van der Waals surface area contributed by atoms with Crippen LogP contribution in [0, 0.1) is 0 Å². The van der Waals surface area contributed by atoms with Crippen LogP contribution in [0.1, 0.15) is 32.3 Å². The summed E-state index contributed by atoms with van der Waals surface area (Å²) in [5, 5.41) is 3.40. The monoisotopic (exact) mass is 557 g/mol. The molecule has 0 aromatic heterocycles. The van der Waals surface area contributed by atoms with Gasteiger partial charge in [-0.05, 0) is 55.3 Å². The fourth-order valence-corrected chi connectivity index (χ4v) is 4.37. The topological polar surface area (TPSA) is 86.8 Å². The summed E-state index contributed by atoms with van der Waals surface area (Å²) in [4.78, 5) is 27.5. The van der Waals surface area contributed by atoms with Crippen molar-refractivity contribution < 1.29 is 18.0 Å². The summed E-state index contributed by atoms with van der Waals surface area (Å²) in [6, 6.07) is 12.8. The molecule has 10 heteroatoms. The summed E-state index contributed by atoms with van der Waals surface area (Å²) in [6.45, 7) is 3.88. The molecular formula is C23H29BrClN3O4S. The van der Waals surface area contributed by atoms with Crippen molar-refractivity contribution in [2.24, 2.45) is 0 Å². The predicted molar refractivity (Wildman–Crippen MR) is 136 cm³/mol. The molecule has 0 aliphatic heterocycles. The van der Waals surface area contributed by atoms with Crippen LogP contribution >= 0.6 is 27.5 Å². The van der Waals surface area contributed by atoms with Gasteiger partial charge in [0.1, 0.15) is 12.6 Å². The normalized spacial score (nSPS) is 12.2. The molecule has 0 aliphatic rings. The summed E-state index contributed by atoms with van der Waals surface area (Å²) in [7, 11) is -3.75. The highest BCUT2D eigenvalue weighted by Gasteiger charge is 2.30. The minimum Gasteiger partial charge on any atom is -0.354 e. The zero-order valence-corrected chi connectivity index (χ0v) is 22.1. The van der Waals surface area contributed by atoms with E-state index in [4.69, 9.17) is 11.6 Å². The second-order valence-corrected chi connectivity index (χ2v) is 11.0. The van der Waals surface area contributed by atoms with Gasteiger partial charge in [-0.15, -0.1) is 0 Å². The van der Waals surface area contributed by atoms with Crippen LogP contribution in [0.25, 0.3) is 0 Å². The van der Waals surface area contributed by atoms with Gasteiger partial charge >= 0.3 is 0 Å². The highest BCUT2D eigenvalue weighted by Crippen LogP contribution is 2.22. The number of amides is 2. The number of nitrogens with zero attached hydrogens (tertiary/aromatic N) is 2. The number of rotatable bonds is 11. The van der Waals surface area contributed by atoms with Crippen molar-refractivity contribution in [3.8, 4) is 0 Å². The Morgan fingerprint density at radius 1 is 1.09 bits per heavy atom. The molecular weight excluding hydrogens is 530 g/mol. The van der Waals surface area contributed by atoms with Crippen LogP contribution < -0.4 is 9.62 Å². The minimum atomic E-state index is -3.75. The molecule has 0 bridgehead atoms. The maximum Gasteiger partial charge on any atom is 0.244 e. The quantitative estimate of drug-likeness (QED) is 0.419. The second kappa shape index (κ2) is 12.4. The van der Waals surface area contributed by atoms with Gasteiger partial charge < -0.3 is 10.2 Å². The highest BCUT2D eigenvalue weighted by atomic mass is 79.9. The van der Waals surface area contributed by atoms with Crippen molar-refractivity contribution in [2.75, 3.05) is 23.7 Å². The fourth-order valence-electron chi connectivity index (χ4n) is 3.13. The average Bonchev–Trinajstić information content (AvgIpc) is 2.76. The first kappa shape index (κ1) is 27.1. The largest absolute Gasteiger partial charge is 0.354 e. The number of carbonyl (C=O) groups is 2. The van der Waals surface area contributed by atoms with E-state index in [0.717, 1.165) is 33.4 Å². The summed E-state index contributed by atoms with van der Waals surface area (Å²) in [5.74, 6) is -0.781. The molecule has 2 amide bonds. The Morgan fingerprint density at radius 3 is 2.24 bits per heavy atom. The number of hydrogen-bond donors (Lipinski definition) is 1. The van der Waals surface area contributed by atoms with E-state index in [1.165, 1.54) is 4.90 Å². The van der Waals surface area contributed by atoms with E-state index >= 15 is 0 Å². The van der Waals surface area contributed by atoms with Crippen molar-refractivity contribution in [1.29, 1.82) is 0 Å². The molecule has 0 heterocycles. The lowest BCUT2D eigenvalue weighted by molar-refractivity contribution is -0.139. The van der Waals surface area contributed by atoms with Crippen LogP contribution in [0.2, 0.25) is 5.02 Å². The molecule has 2 aromatic rings. The Balaban J connectivity index is 2.32. The number of unbranched alkanes of at least 4 members (excludes halogenated alkanes) is 1. The first-order valence-corrected chi connectivity index (χ1v) is 13.6. The van der Waals surface area contributed by atoms with Crippen LogP contribution in [0.15, 0.2) is 53.0 Å². The van der Waals surface area contributed by atoms with Gasteiger partial charge in [0.15, 0.2) is 0 Å². The molecule has 0 spiro atoms. The third-order valence-electron chi connectivity index (χ3n) is 5.06. The maximum absolute atomic E-state index is 13.4. The van der Waals surface area contributed by atoms with E-state index in [2.05, 4.69) is 21.2 Å². The number of nitrogens with one attached hydrogen (secondary N) is 1. The molecule has 33 heavy (non-hydrogen) atoms. The lowest BCUT2D eigenvalue weighted by Gasteiger charge is -2.31. The maximum atomic E-state index is 13.4. The van der Waals surface area contributed by atoms with Crippen LogP contribution in [-0.2, 0) is 26.2 Å². The van der Waals surface area contributed by atoms with Gasteiger partial charge in [0.2, 0.25) is 21.8 Å². The lowest BCUT2D eigenvalue weighted by Crippen LogP contribution is -2.51. The molecule has 7 nitrogen and oxygen atoms in total. The molecule has 0 aliphatic carbocycles. The van der Waals surface area contributed by atoms with E-state index in [9.17, 15) is 18.0 Å². The third-order valence-corrected chi connectivity index (χ3v) is 6.98. The zero-order valence-electron chi connectivity index (χ0n) is 18.9. The molecule has 0 fully saturated rings. The van der Waals surface area contributed by atoms with Crippen LogP contribution in [-0.4, -0.2) is 50.5 Å². The predicted octanol–water partition coefficient (Wildman–Crippen LogP) is 4.20. The van der Waals surface area contributed by atoms with E-state index in [0.29, 0.717) is 17.3 Å². The van der Waals surface area contributed by atoms with Gasteiger partial charge in [0.05, 0.1) is 11.9 Å². The third kappa shape index (κ3) is 8.32. The molecule has 1 atom stereocenters. The first-order valence-electron chi connectivity index (χ1n) is 10.6. The number of hydrogen-bond acceptors (Lipinski definition) is 4. The van der Waals surface area contributed by atoms with Gasteiger partial charge in [-0.3, -0.25) is 13.9 Å². The van der Waals surface area contributed by atoms with Crippen LogP contribution in [0.5, 0.6) is 0 Å². The standard InChI is InChI=1S/C23H29BrClN3O4S/c1-4-5-14-26-23(30)17(2)27(15-18-6-10-20(25)11-7-18)22(29)16-28(33(3,31)32)21-12-8-19(24)9-13-21/h6-13,17H,4-5,14-16H2,1-3H3,(H,26,30)/t17-/m1/s1. The second-order valence-electron chi connectivity index (χ2n) is 7.71. The fraction of sp³-hybridized carbons (Fsp3) is 0.391. The van der Waals surface area contributed by atoms with Crippen LogP contribution in [0.3, 0.4) is 0 Å². The van der Waals surface area contributed by atoms with Gasteiger partial charge in [-0.1, -0.05) is 53.0 Å². The molecule has 0 saturated carbocycles. The van der Waals surface area contributed by atoms with E-state index < -0.39 is 28.5 Å². The molecule has 2 rings (SSSR count). The molecule has 2 aromatic carbocycles. The summed E-state index contributed by atoms with van der Waals surface area (Å²) in [5.41, 5.74) is 1.14. The summed E-state index contributed by atoms with van der Waals surface area (Å²) in [6.07, 6.45) is 2.81. The Morgan fingerprint density at radius 2 is 1.70 bits per heavy atom. The van der Waals surface area contributed by atoms with Crippen molar-refractivity contribution in [1.82, 2.24) is 10.2 Å². The molecule has 0 unspecified atom stereocenters. The minimum absolute atomic E-state index is 0.135. The van der Waals surface area contributed by atoms with Crippen molar-refractivity contribution >= 4 is 55.1 Å². The molecule has 0 saturated heterocycles. The van der Waals surface area contributed by atoms with E-state index in [1.54, 1.807) is 55.5 Å². The average molecular weight is 559 g/mol. The SMILES string of the molecule is CCCCNC(=O)[C@@H](C)N(Cc1ccc(Cl)cc1)C(=O)CN(c1ccc(Br)cc1)S(C)(=O)=O. The summed E-state index contributed by atoms with van der Waals surface area (Å²) < 4.78 is 26.8. The Hall–Kier alpha value is -2.10. The van der Waals surface area contributed by atoms with Crippen LogP contribution in [0.4, 0.5) is 5.69 Å². The van der Waals surface area contributed by atoms with Crippen molar-refractivity contribution in [3.05, 3.63) is 63.6 Å². The van der Waals surface area contributed by atoms with E-state index in [1.807, 2.05) is 6.92 Å². The highest BCUT2D eigenvalue weighted by molar-refractivity contribution is 9.10. The first-order chi connectivity index (χ1) is 15.5. The Bertz CT molecular complexity index is 1050. The van der Waals surface area contributed by atoms with Gasteiger partial charge in [-0.25, -0.2) is 8.42 Å². The number of carbonyl (C=O) groups excluding carboxylic acids is 2.